The third-order valence-electron chi connectivity index (χ3n) is 3.28. The van der Waals surface area contributed by atoms with E-state index >= 15 is 0 Å². The van der Waals surface area contributed by atoms with Gasteiger partial charge in [0.2, 0.25) is 11.8 Å². The van der Waals surface area contributed by atoms with Gasteiger partial charge in [-0.1, -0.05) is 0 Å². The van der Waals surface area contributed by atoms with Crippen LogP contribution < -0.4 is 10.6 Å². The van der Waals surface area contributed by atoms with Crippen molar-refractivity contribution in [2.45, 2.75) is 32.4 Å². The number of rotatable bonds is 4. The zero-order valence-electron chi connectivity index (χ0n) is 11.8. The summed E-state index contributed by atoms with van der Waals surface area (Å²) in [6.45, 7) is 6.28. The Labute approximate surface area is 112 Å². The molecule has 0 bridgehead atoms. The number of carbonyl (C=O) groups is 3. The molecule has 2 N–H and O–H groups in total. The average molecular weight is 271 g/mol. The Kier molecular flexibility index (Phi) is 4.88. The minimum Gasteiger partial charge on any atom is -0.467 e. The Bertz CT molecular complexity index is 381. The second-order valence-corrected chi connectivity index (χ2v) is 5.04. The average Bonchev–Trinajstić information content (AvgIpc) is 2.32. The van der Waals surface area contributed by atoms with Gasteiger partial charge in [-0.2, -0.15) is 0 Å². The van der Waals surface area contributed by atoms with Crippen molar-refractivity contribution in [1.82, 2.24) is 15.5 Å². The lowest BCUT2D eigenvalue weighted by Crippen LogP contribution is -2.64. The Balaban J connectivity index is 2.80. The van der Waals surface area contributed by atoms with Crippen LogP contribution in [-0.4, -0.2) is 61.0 Å². The first kappa shape index (κ1) is 15.4. The van der Waals surface area contributed by atoms with Crippen LogP contribution in [0.15, 0.2) is 0 Å². The van der Waals surface area contributed by atoms with E-state index < -0.39 is 17.6 Å². The van der Waals surface area contributed by atoms with Crippen molar-refractivity contribution in [2.75, 3.05) is 26.7 Å². The van der Waals surface area contributed by atoms with E-state index in [2.05, 4.69) is 15.4 Å². The topological polar surface area (TPSA) is 87.7 Å². The fourth-order valence-electron chi connectivity index (χ4n) is 2.05. The summed E-state index contributed by atoms with van der Waals surface area (Å²) in [6, 6.07) is -0.771. The maximum Gasteiger partial charge on any atom is 0.329 e. The third-order valence-corrected chi connectivity index (χ3v) is 3.28. The molecule has 0 spiro atoms. The molecule has 0 aromatic rings. The first-order chi connectivity index (χ1) is 8.78. The lowest BCUT2D eigenvalue weighted by atomic mass is 9.98. The molecule has 7 nitrogen and oxygen atoms in total. The predicted octanol–water partition coefficient (Wildman–Crippen LogP) is -1.13. The first-order valence-corrected chi connectivity index (χ1v) is 6.17. The zero-order chi connectivity index (χ0) is 14.6. The number of nitrogens with zero attached hydrogens (tertiary/aromatic N) is 1. The van der Waals surface area contributed by atoms with E-state index in [0.717, 1.165) is 0 Å². The summed E-state index contributed by atoms with van der Waals surface area (Å²) in [7, 11) is 1.27. The number of ether oxygens (including phenoxy) is 1. The van der Waals surface area contributed by atoms with Gasteiger partial charge in [0, 0.05) is 26.6 Å². The van der Waals surface area contributed by atoms with Crippen LogP contribution >= 0.6 is 0 Å². The minimum absolute atomic E-state index is 0.0924. The van der Waals surface area contributed by atoms with E-state index in [1.54, 1.807) is 13.8 Å². The van der Waals surface area contributed by atoms with E-state index in [9.17, 15) is 14.4 Å². The molecule has 2 amide bonds. The molecule has 1 heterocycles. The van der Waals surface area contributed by atoms with Crippen LogP contribution in [-0.2, 0) is 19.1 Å². The molecule has 0 radical (unpaired) electrons. The van der Waals surface area contributed by atoms with Crippen molar-refractivity contribution >= 4 is 17.8 Å². The number of hydrogen-bond acceptors (Lipinski definition) is 5. The van der Waals surface area contributed by atoms with Gasteiger partial charge < -0.3 is 15.4 Å². The fraction of sp³-hybridized carbons (Fsp3) is 0.750. The SMILES string of the molecule is COC(=O)C(CN1CCNC(=O)C1(C)C)NC(C)=O. The normalized spacial score (nSPS) is 20.3. The Morgan fingerprint density at radius 1 is 1.53 bits per heavy atom. The van der Waals surface area contributed by atoms with Crippen molar-refractivity contribution in [3.8, 4) is 0 Å². The molecule has 108 valence electrons. The van der Waals surface area contributed by atoms with Gasteiger partial charge in [0.1, 0.15) is 6.04 Å². The molecule has 0 aromatic heterocycles. The van der Waals surface area contributed by atoms with Gasteiger partial charge in [-0.3, -0.25) is 14.5 Å². The van der Waals surface area contributed by atoms with E-state index in [4.69, 9.17) is 0 Å². The Morgan fingerprint density at radius 2 is 2.16 bits per heavy atom. The van der Waals surface area contributed by atoms with Crippen LogP contribution in [0.5, 0.6) is 0 Å². The van der Waals surface area contributed by atoms with Crippen LogP contribution in [0.4, 0.5) is 0 Å². The van der Waals surface area contributed by atoms with Crippen LogP contribution in [0, 0.1) is 0 Å². The fourth-order valence-corrected chi connectivity index (χ4v) is 2.05. The summed E-state index contributed by atoms with van der Waals surface area (Å²) in [4.78, 5) is 36.5. The Morgan fingerprint density at radius 3 is 2.68 bits per heavy atom. The highest BCUT2D eigenvalue weighted by Gasteiger charge is 2.39. The molecule has 1 unspecified atom stereocenters. The molecule has 1 fully saturated rings. The van der Waals surface area contributed by atoms with Crippen LogP contribution in [0.25, 0.3) is 0 Å². The number of esters is 1. The molecule has 0 saturated carbocycles. The van der Waals surface area contributed by atoms with Crippen LogP contribution in [0.2, 0.25) is 0 Å². The van der Waals surface area contributed by atoms with Gasteiger partial charge in [0.15, 0.2) is 0 Å². The van der Waals surface area contributed by atoms with E-state index in [1.165, 1.54) is 14.0 Å². The lowest BCUT2D eigenvalue weighted by molar-refractivity contribution is -0.147. The molecule has 1 aliphatic rings. The highest BCUT2D eigenvalue weighted by atomic mass is 16.5. The Hall–Kier alpha value is -1.63. The summed E-state index contributed by atoms with van der Waals surface area (Å²) in [5.41, 5.74) is -0.719. The molecule has 19 heavy (non-hydrogen) atoms. The number of piperazine rings is 1. The number of nitrogens with one attached hydrogen (secondary N) is 2. The lowest BCUT2D eigenvalue weighted by Gasteiger charge is -2.42. The van der Waals surface area contributed by atoms with E-state index in [0.29, 0.717) is 13.1 Å². The molecule has 1 atom stereocenters. The van der Waals surface area contributed by atoms with Gasteiger partial charge in [-0.25, -0.2) is 4.79 Å². The largest absolute Gasteiger partial charge is 0.467 e. The summed E-state index contributed by atoms with van der Waals surface area (Å²) >= 11 is 0. The van der Waals surface area contributed by atoms with Gasteiger partial charge in [-0.05, 0) is 13.8 Å². The van der Waals surface area contributed by atoms with Gasteiger partial charge in [0.05, 0.1) is 12.6 Å². The summed E-state index contributed by atoms with van der Waals surface area (Å²) < 4.78 is 4.67. The summed E-state index contributed by atoms with van der Waals surface area (Å²) in [5, 5.41) is 5.32. The maximum absolute atomic E-state index is 11.8. The maximum atomic E-state index is 11.8. The van der Waals surface area contributed by atoms with Crippen molar-refractivity contribution in [2.24, 2.45) is 0 Å². The highest BCUT2D eigenvalue weighted by Crippen LogP contribution is 2.17. The van der Waals surface area contributed by atoms with Gasteiger partial charge in [-0.15, -0.1) is 0 Å². The molecule has 0 aliphatic carbocycles. The number of methoxy groups -OCH3 is 1. The van der Waals surface area contributed by atoms with E-state index in [-0.39, 0.29) is 18.4 Å². The molecular formula is C12H21N3O4. The quantitative estimate of drug-likeness (QED) is 0.632. The monoisotopic (exact) mass is 271 g/mol. The van der Waals surface area contributed by atoms with Crippen molar-refractivity contribution in [3.63, 3.8) is 0 Å². The molecule has 1 saturated heterocycles. The summed E-state index contributed by atoms with van der Waals surface area (Å²) in [6.07, 6.45) is 0. The summed E-state index contributed by atoms with van der Waals surface area (Å²) in [5.74, 6) is -0.920. The van der Waals surface area contributed by atoms with Crippen molar-refractivity contribution < 1.29 is 19.1 Å². The predicted molar refractivity (Wildman–Crippen MR) is 68.3 cm³/mol. The second kappa shape index (κ2) is 6.01. The van der Waals surface area contributed by atoms with Crippen molar-refractivity contribution in [3.05, 3.63) is 0 Å². The van der Waals surface area contributed by atoms with Gasteiger partial charge in [0.25, 0.3) is 0 Å². The number of carbonyl (C=O) groups excluding carboxylic acids is 3. The molecule has 1 rings (SSSR count). The molecule has 0 aromatic carbocycles. The van der Waals surface area contributed by atoms with Gasteiger partial charge >= 0.3 is 5.97 Å². The number of amides is 2. The van der Waals surface area contributed by atoms with E-state index in [1.807, 2.05) is 4.90 Å². The molecular weight excluding hydrogens is 250 g/mol. The second-order valence-electron chi connectivity index (χ2n) is 5.04. The highest BCUT2D eigenvalue weighted by molar-refractivity contribution is 5.86. The smallest absolute Gasteiger partial charge is 0.329 e. The standard InChI is InChI=1S/C12H21N3O4/c1-8(16)14-9(10(17)19-4)7-15-6-5-13-11(18)12(15,2)3/h9H,5-7H2,1-4H3,(H,13,18)(H,14,16). The van der Waals surface area contributed by atoms with Crippen molar-refractivity contribution in [1.29, 1.82) is 0 Å². The molecule has 7 heteroatoms. The number of hydrogen-bond donors (Lipinski definition) is 2. The minimum atomic E-state index is -0.771. The van der Waals surface area contributed by atoms with Crippen LogP contribution in [0.1, 0.15) is 20.8 Å². The van der Waals surface area contributed by atoms with Crippen LogP contribution in [0.3, 0.4) is 0 Å². The first-order valence-electron chi connectivity index (χ1n) is 6.17. The zero-order valence-corrected chi connectivity index (χ0v) is 11.8. The molecule has 1 aliphatic heterocycles. The third kappa shape index (κ3) is 3.66.